The highest BCUT2D eigenvalue weighted by Gasteiger charge is 2.06. The van der Waals surface area contributed by atoms with Crippen molar-refractivity contribution in [2.45, 2.75) is 19.4 Å². The normalized spacial score (nSPS) is 12.7. The van der Waals surface area contributed by atoms with Crippen LogP contribution in [0.1, 0.15) is 24.9 Å². The molecule has 1 atom stereocenters. The van der Waals surface area contributed by atoms with E-state index in [-0.39, 0.29) is 6.61 Å². The van der Waals surface area contributed by atoms with Crippen molar-refractivity contribution in [2.75, 3.05) is 13.2 Å². The SMILES string of the molecule is C[CH]C(NCCCO)c1ccccc1. The molecule has 2 nitrogen and oxygen atoms in total. The fraction of sp³-hybridized carbons (Fsp3) is 0.417. The molecule has 0 aliphatic rings. The molecule has 0 aliphatic carbocycles. The van der Waals surface area contributed by atoms with Gasteiger partial charge in [0.1, 0.15) is 0 Å². The maximum Gasteiger partial charge on any atom is 0.0443 e. The first kappa shape index (κ1) is 11.2. The van der Waals surface area contributed by atoms with Crippen molar-refractivity contribution < 1.29 is 5.11 Å². The van der Waals surface area contributed by atoms with E-state index in [4.69, 9.17) is 5.11 Å². The maximum absolute atomic E-state index is 8.67. The molecular formula is C12H18NO. The van der Waals surface area contributed by atoms with E-state index < -0.39 is 0 Å². The van der Waals surface area contributed by atoms with Gasteiger partial charge in [-0.25, -0.2) is 0 Å². The average Bonchev–Trinajstić information content (AvgIpc) is 2.26. The number of aliphatic hydroxyl groups excluding tert-OH is 1. The summed E-state index contributed by atoms with van der Waals surface area (Å²) in [5.74, 6) is 0. The molecule has 2 heteroatoms. The van der Waals surface area contributed by atoms with E-state index in [1.54, 1.807) is 0 Å². The third-order valence-corrected chi connectivity index (χ3v) is 2.19. The Hall–Kier alpha value is -0.860. The van der Waals surface area contributed by atoms with Gasteiger partial charge in [-0.05, 0) is 24.9 Å². The smallest absolute Gasteiger partial charge is 0.0443 e. The second-order valence-electron chi connectivity index (χ2n) is 3.25. The molecule has 0 saturated heterocycles. The van der Waals surface area contributed by atoms with Crippen molar-refractivity contribution in [2.24, 2.45) is 0 Å². The first-order chi connectivity index (χ1) is 6.88. The summed E-state index contributed by atoms with van der Waals surface area (Å²) in [6, 6.07) is 10.6. The van der Waals surface area contributed by atoms with Crippen molar-refractivity contribution in [1.29, 1.82) is 0 Å². The van der Waals surface area contributed by atoms with Crippen LogP contribution in [0.25, 0.3) is 0 Å². The van der Waals surface area contributed by atoms with E-state index in [2.05, 4.69) is 23.9 Å². The second-order valence-corrected chi connectivity index (χ2v) is 3.25. The quantitative estimate of drug-likeness (QED) is 0.675. The minimum atomic E-state index is 0.248. The van der Waals surface area contributed by atoms with Crippen LogP contribution in [-0.4, -0.2) is 18.3 Å². The van der Waals surface area contributed by atoms with Crippen molar-refractivity contribution in [3.63, 3.8) is 0 Å². The number of nitrogens with one attached hydrogen (secondary N) is 1. The summed E-state index contributed by atoms with van der Waals surface area (Å²) in [6.45, 7) is 3.14. The van der Waals surface area contributed by atoms with Crippen LogP contribution in [0.3, 0.4) is 0 Å². The van der Waals surface area contributed by atoms with E-state index in [0.29, 0.717) is 6.04 Å². The fourth-order valence-corrected chi connectivity index (χ4v) is 1.43. The number of hydrogen-bond donors (Lipinski definition) is 2. The zero-order valence-corrected chi connectivity index (χ0v) is 8.61. The molecule has 77 valence electrons. The zero-order valence-electron chi connectivity index (χ0n) is 8.61. The molecule has 0 heterocycles. The molecule has 0 spiro atoms. The van der Waals surface area contributed by atoms with Gasteiger partial charge in [-0.3, -0.25) is 0 Å². The predicted molar refractivity (Wildman–Crippen MR) is 58.9 cm³/mol. The van der Waals surface area contributed by atoms with Gasteiger partial charge in [0.15, 0.2) is 0 Å². The molecule has 0 saturated carbocycles. The Morgan fingerprint density at radius 2 is 2.07 bits per heavy atom. The molecule has 0 fully saturated rings. The molecule has 0 aliphatic heterocycles. The molecule has 1 aromatic carbocycles. The van der Waals surface area contributed by atoms with Gasteiger partial charge >= 0.3 is 0 Å². The van der Waals surface area contributed by atoms with Gasteiger partial charge in [0, 0.05) is 12.6 Å². The first-order valence-corrected chi connectivity index (χ1v) is 5.07. The minimum Gasteiger partial charge on any atom is -0.396 e. The van der Waals surface area contributed by atoms with E-state index in [0.717, 1.165) is 13.0 Å². The van der Waals surface area contributed by atoms with Crippen LogP contribution < -0.4 is 5.32 Å². The van der Waals surface area contributed by atoms with Crippen molar-refractivity contribution >= 4 is 0 Å². The van der Waals surface area contributed by atoms with Crippen LogP contribution in [0.15, 0.2) is 30.3 Å². The van der Waals surface area contributed by atoms with Gasteiger partial charge in [0.2, 0.25) is 0 Å². The summed E-state index contributed by atoms with van der Waals surface area (Å²) in [5, 5.41) is 12.0. The Morgan fingerprint density at radius 3 is 2.64 bits per heavy atom. The first-order valence-electron chi connectivity index (χ1n) is 5.07. The highest BCUT2D eigenvalue weighted by atomic mass is 16.3. The highest BCUT2D eigenvalue weighted by Crippen LogP contribution is 2.14. The van der Waals surface area contributed by atoms with Crippen LogP contribution >= 0.6 is 0 Å². The summed E-state index contributed by atoms with van der Waals surface area (Å²) in [7, 11) is 0. The lowest BCUT2D eigenvalue weighted by Crippen LogP contribution is -2.22. The van der Waals surface area contributed by atoms with Gasteiger partial charge in [0.05, 0.1) is 0 Å². The molecule has 0 amide bonds. The Kier molecular flexibility index (Phi) is 5.27. The molecule has 2 N–H and O–H groups in total. The number of hydrogen-bond acceptors (Lipinski definition) is 2. The van der Waals surface area contributed by atoms with E-state index in [1.807, 2.05) is 25.1 Å². The lowest BCUT2D eigenvalue weighted by molar-refractivity contribution is 0.284. The average molecular weight is 192 g/mol. The van der Waals surface area contributed by atoms with Gasteiger partial charge in [-0.1, -0.05) is 37.3 Å². The summed E-state index contributed by atoms with van der Waals surface area (Å²) in [5.41, 5.74) is 1.27. The molecule has 14 heavy (non-hydrogen) atoms. The van der Waals surface area contributed by atoms with Crippen molar-refractivity contribution in [1.82, 2.24) is 5.32 Å². The van der Waals surface area contributed by atoms with Crippen LogP contribution in [0, 0.1) is 6.42 Å². The van der Waals surface area contributed by atoms with Gasteiger partial charge in [-0.15, -0.1) is 0 Å². The van der Waals surface area contributed by atoms with Crippen LogP contribution in [0.4, 0.5) is 0 Å². The standard InChI is InChI=1S/C12H18NO/c1-2-12(13-9-6-10-14)11-7-4-3-5-8-11/h2-5,7-8,12-14H,6,9-10H2,1H3. The zero-order chi connectivity index (χ0) is 10.2. The molecule has 1 radical (unpaired) electrons. The lowest BCUT2D eigenvalue weighted by atomic mass is 10.0. The topological polar surface area (TPSA) is 32.3 Å². The van der Waals surface area contributed by atoms with Gasteiger partial charge in [-0.2, -0.15) is 0 Å². The lowest BCUT2D eigenvalue weighted by Gasteiger charge is -2.16. The summed E-state index contributed by atoms with van der Waals surface area (Å²) >= 11 is 0. The molecular weight excluding hydrogens is 174 g/mol. The monoisotopic (exact) mass is 192 g/mol. The van der Waals surface area contributed by atoms with Crippen LogP contribution in [0.5, 0.6) is 0 Å². The van der Waals surface area contributed by atoms with Crippen LogP contribution in [0.2, 0.25) is 0 Å². The Morgan fingerprint density at radius 1 is 1.36 bits per heavy atom. The van der Waals surface area contributed by atoms with E-state index in [1.165, 1.54) is 5.56 Å². The Balaban J connectivity index is 2.46. The predicted octanol–water partition coefficient (Wildman–Crippen LogP) is 1.92. The number of rotatable bonds is 6. The molecule has 0 bridgehead atoms. The fourth-order valence-electron chi connectivity index (χ4n) is 1.43. The van der Waals surface area contributed by atoms with Crippen molar-refractivity contribution in [3.8, 4) is 0 Å². The summed E-state index contributed by atoms with van der Waals surface area (Å²) in [4.78, 5) is 0. The summed E-state index contributed by atoms with van der Waals surface area (Å²) in [6.07, 6.45) is 2.93. The molecule has 0 aromatic heterocycles. The third kappa shape index (κ3) is 3.48. The summed E-state index contributed by atoms with van der Waals surface area (Å²) < 4.78 is 0. The van der Waals surface area contributed by atoms with E-state index >= 15 is 0 Å². The molecule has 1 unspecified atom stereocenters. The van der Waals surface area contributed by atoms with Crippen LogP contribution in [-0.2, 0) is 0 Å². The Bertz CT molecular complexity index is 235. The largest absolute Gasteiger partial charge is 0.396 e. The minimum absolute atomic E-state index is 0.248. The number of aliphatic hydroxyl groups is 1. The maximum atomic E-state index is 8.67. The van der Waals surface area contributed by atoms with Gasteiger partial charge < -0.3 is 10.4 Å². The molecule has 1 rings (SSSR count). The van der Waals surface area contributed by atoms with E-state index in [9.17, 15) is 0 Å². The van der Waals surface area contributed by atoms with Gasteiger partial charge in [0.25, 0.3) is 0 Å². The molecule has 1 aromatic rings. The Labute approximate surface area is 86.0 Å². The third-order valence-electron chi connectivity index (χ3n) is 2.19. The number of benzene rings is 1. The highest BCUT2D eigenvalue weighted by molar-refractivity contribution is 5.20. The second kappa shape index (κ2) is 6.57. The van der Waals surface area contributed by atoms with Crippen molar-refractivity contribution in [3.05, 3.63) is 42.3 Å².